The van der Waals surface area contributed by atoms with Crippen molar-refractivity contribution in [2.75, 3.05) is 38.0 Å². The highest BCUT2D eigenvalue weighted by molar-refractivity contribution is 8.15. The second kappa shape index (κ2) is 9.70. The highest BCUT2D eigenvalue weighted by atomic mass is 32.2. The average molecular weight is 455 g/mol. The fourth-order valence-electron chi connectivity index (χ4n) is 3.63. The molecule has 0 radical (unpaired) electrons. The van der Waals surface area contributed by atoms with Crippen LogP contribution in [0.3, 0.4) is 0 Å². The molecule has 0 aliphatic carbocycles. The van der Waals surface area contributed by atoms with Gasteiger partial charge in [-0.3, -0.25) is 0 Å². The molecule has 0 saturated heterocycles. The van der Waals surface area contributed by atoms with Crippen LogP contribution in [0, 0.1) is 13.8 Å². The van der Waals surface area contributed by atoms with Gasteiger partial charge in [0.15, 0.2) is 5.17 Å². The first kappa shape index (κ1) is 23.7. The van der Waals surface area contributed by atoms with Crippen LogP contribution >= 0.6 is 23.5 Å². The highest BCUT2D eigenvalue weighted by Gasteiger charge is 2.31. The van der Waals surface area contributed by atoms with E-state index in [0.29, 0.717) is 0 Å². The molecular weight excluding hydrogens is 420 g/mol. The zero-order valence-corrected chi connectivity index (χ0v) is 21.6. The Balaban J connectivity index is 1.72. The summed E-state index contributed by atoms with van der Waals surface area (Å²) in [6.07, 6.45) is 0. The first-order chi connectivity index (χ1) is 14.6. The van der Waals surface area contributed by atoms with Crippen LogP contribution in [-0.2, 0) is 11.5 Å². The van der Waals surface area contributed by atoms with Crippen molar-refractivity contribution in [1.82, 2.24) is 0 Å². The zero-order valence-electron chi connectivity index (χ0n) is 20.0. The van der Waals surface area contributed by atoms with Crippen molar-refractivity contribution in [3.05, 3.63) is 58.7 Å². The first-order valence-electron chi connectivity index (χ1n) is 10.5. The molecule has 1 aliphatic rings. The van der Waals surface area contributed by atoms with E-state index in [0.717, 1.165) is 21.7 Å². The number of rotatable bonds is 6. The van der Waals surface area contributed by atoms with E-state index in [2.05, 4.69) is 102 Å². The molecule has 0 N–H and O–H groups in total. The molecule has 166 valence electrons. The summed E-state index contributed by atoms with van der Waals surface area (Å²) >= 11 is 3.54. The van der Waals surface area contributed by atoms with Gasteiger partial charge in [-0.2, -0.15) is 0 Å². The molecule has 6 heteroatoms. The molecule has 0 bridgehead atoms. The molecule has 0 unspecified atom stereocenters. The van der Waals surface area contributed by atoms with Gasteiger partial charge in [0.05, 0.1) is 0 Å². The standard InChI is InChI=1S/C25H34N4S2/c1-17-9-11-21(28(5)6)19(13-17)15-30-23-25(3,4)27-24(26-23)31-16-20-14-18(2)10-12-22(20)29(7)8/h9-14H,15-16H2,1-8H3. The number of nitrogens with zero attached hydrogens (tertiary/aromatic N) is 4. The van der Waals surface area contributed by atoms with Gasteiger partial charge >= 0.3 is 0 Å². The van der Waals surface area contributed by atoms with Gasteiger partial charge in [-0.25, -0.2) is 9.98 Å². The van der Waals surface area contributed by atoms with Crippen LogP contribution < -0.4 is 9.80 Å². The van der Waals surface area contributed by atoms with Crippen LogP contribution in [0.25, 0.3) is 0 Å². The van der Waals surface area contributed by atoms with Crippen molar-refractivity contribution >= 4 is 45.1 Å². The van der Waals surface area contributed by atoms with Crippen molar-refractivity contribution in [2.24, 2.45) is 9.98 Å². The second-order valence-corrected chi connectivity index (χ2v) is 10.9. The van der Waals surface area contributed by atoms with E-state index in [4.69, 9.17) is 9.98 Å². The van der Waals surface area contributed by atoms with E-state index in [1.165, 1.54) is 33.6 Å². The molecule has 0 spiro atoms. The minimum Gasteiger partial charge on any atom is -0.377 e. The van der Waals surface area contributed by atoms with Gasteiger partial charge in [-0.1, -0.05) is 47.2 Å². The summed E-state index contributed by atoms with van der Waals surface area (Å²) in [6, 6.07) is 13.3. The van der Waals surface area contributed by atoms with Crippen molar-refractivity contribution < 1.29 is 0 Å². The predicted molar refractivity (Wildman–Crippen MR) is 143 cm³/mol. The fraction of sp³-hybridized carbons (Fsp3) is 0.440. The molecule has 0 saturated carbocycles. The Labute approximate surface area is 196 Å². The molecular formula is C25H34N4S2. The summed E-state index contributed by atoms with van der Waals surface area (Å²) in [7, 11) is 8.38. The second-order valence-electron chi connectivity index (χ2n) is 9.00. The van der Waals surface area contributed by atoms with E-state index in [1.54, 1.807) is 11.8 Å². The van der Waals surface area contributed by atoms with Gasteiger partial charge in [-0.15, -0.1) is 11.8 Å². The maximum Gasteiger partial charge on any atom is 0.185 e. The SMILES string of the molecule is Cc1ccc(N(C)C)c(CSC2=NC(C)(C)C(SCc3cc(C)ccc3N(C)C)=N2)c1. The zero-order chi connectivity index (χ0) is 22.8. The Morgan fingerprint density at radius 2 is 1.26 bits per heavy atom. The minimum atomic E-state index is -0.272. The summed E-state index contributed by atoms with van der Waals surface area (Å²) in [5.74, 6) is 1.77. The highest BCUT2D eigenvalue weighted by Crippen LogP contribution is 2.35. The molecule has 1 heterocycles. The molecule has 0 aromatic heterocycles. The Morgan fingerprint density at radius 1 is 0.774 bits per heavy atom. The molecule has 0 fully saturated rings. The molecule has 3 rings (SSSR count). The van der Waals surface area contributed by atoms with Crippen LogP contribution in [0.4, 0.5) is 11.4 Å². The Hall–Kier alpha value is -1.92. The van der Waals surface area contributed by atoms with Crippen molar-refractivity contribution in [3.8, 4) is 0 Å². The quantitative estimate of drug-likeness (QED) is 0.524. The predicted octanol–water partition coefficient (Wildman–Crippen LogP) is 6.15. The maximum absolute atomic E-state index is 4.93. The van der Waals surface area contributed by atoms with Gasteiger partial charge in [0.2, 0.25) is 0 Å². The number of hydrogen-bond acceptors (Lipinski definition) is 6. The van der Waals surface area contributed by atoms with Crippen LogP contribution in [-0.4, -0.2) is 43.9 Å². The van der Waals surface area contributed by atoms with E-state index in [9.17, 15) is 0 Å². The van der Waals surface area contributed by atoms with Gasteiger partial charge in [0, 0.05) is 51.1 Å². The van der Waals surface area contributed by atoms with Crippen LogP contribution in [0.2, 0.25) is 0 Å². The normalized spacial score (nSPS) is 15.0. The number of anilines is 2. The van der Waals surface area contributed by atoms with Crippen LogP contribution in [0.15, 0.2) is 46.4 Å². The molecule has 2 aromatic rings. The number of thioether (sulfide) groups is 2. The Kier molecular flexibility index (Phi) is 7.43. The van der Waals surface area contributed by atoms with Gasteiger partial charge < -0.3 is 9.80 Å². The van der Waals surface area contributed by atoms with Crippen molar-refractivity contribution in [1.29, 1.82) is 0 Å². The molecule has 4 nitrogen and oxygen atoms in total. The lowest BCUT2D eigenvalue weighted by Crippen LogP contribution is -2.23. The molecule has 1 aliphatic heterocycles. The number of benzene rings is 2. The minimum absolute atomic E-state index is 0.272. The molecule has 0 atom stereocenters. The van der Waals surface area contributed by atoms with Crippen LogP contribution in [0.1, 0.15) is 36.1 Å². The maximum atomic E-state index is 4.93. The molecule has 31 heavy (non-hydrogen) atoms. The summed E-state index contributed by atoms with van der Waals surface area (Å²) < 4.78 is 0. The Bertz CT molecular complexity index is 1010. The third-order valence-corrected chi connectivity index (χ3v) is 7.47. The van der Waals surface area contributed by atoms with Crippen LogP contribution in [0.5, 0.6) is 0 Å². The summed E-state index contributed by atoms with van der Waals surface area (Å²) in [5, 5.41) is 1.98. The first-order valence-corrected chi connectivity index (χ1v) is 12.5. The summed E-state index contributed by atoms with van der Waals surface area (Å²) in [5.41, 5.74) is 7.48. The molecule has 0 amide bonds. The van der Waals surface area contributed by atoms with E-state index in [-0.39, 0.29) is 5.54 Å². The monoisotopic (exact) mass is 454 g/mol. The third-order valence-electron chi connectivity index (χ3n) is 5.25. The lowest BCUT2D eigenvalue weighted by atomic mass is 10.1. The lowest BCUT2D eigenvalue weighted by Gasteiger charge is -2.20. The van der Waals surface area contributed by atoms with E-state index >= 15 is 0 Å². The largest absolute Gasteiger partial charge is 0.377 e. The number of hydrogen-bond donors (Lipinski definition) is 0. The van der Waals surface area contributed by atoms with Gasteiger partial charge in [0.25, 0.3) is 0 Å². The fourth-order valence-corrected chi connectivity index (χ4v) is 5.73. The average Bonchev–Trinajstić information content (AvgIpc) is 2.97. The number of aryl methyl sites for hydroxylation is 2. The number of aliphatic imine (C=N–C) groups is 2. The number of amidine groups is 1. The molecule has 2 aromatic carbocycles. The van der Waals surface area contributed by atoms with E-state index < -0.39 is 0 Å². The van der Waals surface area contributed by atoms with Gasteiger partial charge in [-0.05, 0) is 51.0 Å². The lowest BCUT2D eigenvalue weighted by molar-refractivity contribution is 0.728. The smallest absolute Gasteiger partial charge is 0.185 e. The van der Waals surface area contributed by atoms with E-state index in [1.807, 2.05) is 11.8 Å². The Morgan fingerprint density at radius 3 is 1.74 bits per heavy atom. The van der Waals surface area contributed by atoms with Crippen molar-refractivity contribution in [2.45, 2.75) is 44.7 Å². The van der Waals surface area contributed by atoms with Gasteiger partial charge in [0.1, 0.15) is 10.6 Å². The third kappa shape index (κ3) is 5.86. The van der Waals surface area contributed by atoms with Crippen molar-refractivity contribution in [3.63, 3.8) is 0 Å². The topological polar surface area (TPSA) is 31.2 Å². The summed E-state index contributed by atoms with van der Waals surface area (Å²) in [4.78, 5) is 14.2. The summed E-state index contributed by atoms with van der Waals surface area (Å²) in [6.45, 7) is 8.61.